The Hall–Kier alpha value is -2.16. The van der Waals surface area contributed by atoms with Crippen LogP contribution in [0.3, 0.4) is 0 Å². The van der Waals surface area contributed by atoms with Gasteiger partial charge in [0, 0.05) is 17.7 Å². The Balaban J connectivity index is 2.12. The van der Waals surface area contributed by atoms with E-state index in [1.807, 2.05) is 24.4 Å². The van der Waals surface area contributed by atoms with Crippen LogP contribution in [0.4, 0.5) is 5.69 Å². The third kappa shape index (κ3) is 3.67. The number of anilines is 1. The molecule has 0 aliphatic rings. The predicted octanol–water partition coefficient (Wildman–Crippen LogP) is 2.44. The Labute approximate surface area is 121 Å². The summed E-state index contributed by atoms with van der Waals surface area (Å²) < 4.78 is 0. The van der Waals surface area contributed by atoms with Gasteiger partial charge >= 0.3 is 0 Å². The maximum atomic E-state index is 12.2. The number of hydrogen-bond acceptors (Lipinski definition) is 4. The first-order valence-electron chi connectivity index (χ1n) is 6.12. The maximum absolute atomic E-state index is 12.2. The van der Waals surface area contributed by atoms with E-state index in [0.29, 0.717) is 22.5 Å². The van der Waals surface area contributed by atoms with Gasteiger partial charge < -0.3 is 10.4 Å². The minimum Gasteiger partial charge on any atom is -0.395 e. The summed E-state index contributed by atoms with van der Waals surface area (Å²) in [6.07, 6.45) is 2.02. The summed E-state index contributed by atoms with van der Waals surface area (Å²) in [5.41, 5.74) is 2.24. The minimum absolute atomic E-state index is 0.0215. The van der Waals surface area contributed by atoms with E-state index in [9.17, 15) is 4.79 Å². The van der Waals surface area contributed by atoms with Crippen molar-refractivity contribution >= 4 is 22.9 Å². The van der Waals surface area contributed by atoms with E-state index in [1.165, 1.54) is 11.3 Å². The number of amides is 1. The monoisotopic (exact) mass is 286 g/mol. The molecule has 2 N–H and O–H groups in total. The fraction of sp³-hybridized carbons (Fsp3) is 0.200. The highest BCUT2D eigenvalue weighted by molar-refractivity contribution is 7.12. The van der Waals surface area contributed by atoms with Gasteiger partial charge in [-0.05, 0) is 30.5 Å². The zero-order valence-corrected chi connectivity index (χ0v) is 11.8. The van der Waals surface area contributed by atoms with Crippen LogP contribution in [0.1, 0.15) is 27.3 Å². The molecule has 2 aromatic heterocycles. The summed E-state index contributed by atoms with van der Waals surface area (Å²) in [6, 6.07) is 5.45. The van der Waals surface area contributed by atoms with Gasteiger partial charge in [0.2, 0.25) is 0 Å². The Kier molecular flexibility index (Phi) is 4.88. The van der Waals surface area contributed by atoms with Gasteiger partial charge in [-0.2, -0.15) is 0 Å². The number of aryl methyl sites for hydroxylation is 1. The first kappa shape index (κ1) is 14.3. The number of aliphatic hydroxyl groups excluding tert-OH is 1. The van der Waals surface area contributed by atoms with Crippen LogP contribution in [-0.4, -0.2) is 22.6 Å². The molecule has 0 saturated carbocycles. The Morgan fingerprint density at radius 2 is 2.30 bits per heavy atom. The van der Waals surface area contributed by atoms with E-state index in [0.717, 1.165) is 5.69 Å². The normalized spacial score (nSPS) is 9.70. The van der Waals surface area contributed by atoms with Crippen LogP contribution in [-0.2, 0) is 0 Å². The highest BCUT2D eigenvalue weighted by Crippen LogP contribution is 2.18. The number of pyridine rings is 1. The lowest BCUT2D eigenvalue weighted by atomic mass is 10.2. The van der Waals surface area contributed by atoms with Crippen molar-refractivity contribution in [2.24, 2.45) is 0 Å². The smallest absolute Gasteiger partial charge is 0.267 e. The third-order valence-corrected chi connectivity index (χ3v) is 3.41. The van der Waals surface area contributed by atoms with Gasteiger partial charge in [-0.3, -0.25) is 9.78 Å². The largest absolute Gasteiger partial charge is 0.395 e. The van der Waals surface area contributed by atoms with E-state index in [2.05, 4.69) is 22.1 Å². The van der Waals surface area contributed by atoms with E-state index in [4.69, 9.17) is 5.11 Å². The minimum atomic E-state index is -0.195. The van der Waals surface area contributed by atoms with Gasteiger partial charge in [0.15, 0.2) is 0 Å². The fourth-order valence-electron chi connectivity index (χ4n) is 1.53. The Morgan fingerprint density at radius 1 is 1.45 bits per heavy atom. The van der Waals surface area contributed by atoms with Crippen molar-refractivity contribution in [1.82, 2.24) is 4.98 Å². The number of carbonyl (C=O) groups excluding carboxylic acids is 1. The molecule has 2 aromatic rings. The van der Waals surface area contributed by atoms with Gasteiger partial charge in [0.1, 0.15) is 4.88 Å². The van der Waals surface area contributed by atoms with Crippen molar-refractivity contribution in [3.05, 3.63) is 45.9 Å². The standard InChI is InChI=1S/C15H14N2O2S/c1-11-5-6-13(10-16-11)17-15(19)14-12(7-9-20-14)4-2-3-8-18/h5-7,9-10,18H,3,8H2,1H3,(H,17,19). The molecule has 0 spiro atoms. The molecule has 102 valence electrons. The highest BCUT2D eigenvalue weighted by atomic mass is 32.1. The van der Waals surface area contributed by atoms with Crippen molar-refractivity contribution < 1.29 is 9.90 Å². The molecular formula is C15H14N2O2S. The molecule has 0 aliphatic carbocycles. The average molecular weight is 286 g/mol. The second-order valence-electron chi connectivity index (χ2n) is 4.08. The lowest BCUT2D eigenvalue weighted by Gasteiger charge is -2.03. The topological polar surface area (TPSA) is 62.2 Å². The summed E-state index contributed by atoms with van der Waals surface area (Å²) in [6.45, 7) is 1.91. The first-order valence-corrected chi connectivity index (χ1v) is 7.00. The molecule has 20 heavy (non-hydrogen) atoms. The van der Waals surface area contributed by atoms with Gasteiger partial charge in [-0.15, -0.1) is 11.3 Å². The maximum Gasteiger partial charge on any atom is 0.267 e. The highest BCUT2D eigenvalue weighted by Gasteiger charge is 2.12. The molecule has 0 atom stereocenters. The zero-order valence-electron chi connectivity index (χ0n) is 11.0. The second-order valence-corrected chi connectivity index (χ2v) is 5.00. The van der Waals surface area contributed by atoms with Crippen molar-refractivity contribution in [3.63, 3.8) is 0 Å². The van der Waals surface area contributed by atoms with Crippen LogP contribution < -0.4 is 5.32 Å². The first-order chi connectivity index (χ1) is 9.70. The summed E-state index contributed by atoms with van der Waals surface area (Å²) in [5, 5.41) is 13.3. The van der Waals surface area contributed by atoms with Gasteiger partial charge in [0.25, 0.3) is 5.91 Å². The van der Waals surface area contributed by atoms with Crippen molar-refractivity contribution in [1.29, 1.82) is 0 Å². The molecule has 5 heteroatoms. The number of hydrogen-bond donors (Lipinski definition) is 2. The average Bonchev–Trinajstić information content (AvgIpc) is 2.90. The molecule has 4 nitrogen and oxygen atoms in total. The quantitative estimate of drug-likeness (QED) is 0.852. The summed E-state index contributed by atoms with van der Waals surface area (Å²) in [7, 11) is 0. The number of rotatable bonds is 3. The van der Waals surface area contributed by atoms with E-state index < -0.39 is 0 Å². The van der Waals surface area contributed by atoms with Crippen LogP contribution >= 0.6 is 11.3 Å². The second kappa shape index (κ2) is 6.85. The SMILES string of the molecule is Cc1ccc(NC(=O)c2sccc2C#CCCO)cn1. The van der Waals surface area contributed by atoms with Gasteiger partial charge in [-0.25, -0.2) is 0 Å². The number of aliphatic hydroxyl groups is 1. The summed E-state index contributed by atoms with van der Waals surface area (Å²) in [4.78, 5) is 16.9. The predicted molar refractivity (Wildman–Crippen MR) is 79.8 cm³/mol. The molecule has 2 rings (SSSR count). The van der Waals surface area contributed by atoms with Crippen molar-refractivity contribution in [3.8, 4) is 11.8 Å². The Bertz CT molecular complexity index is 651. The number of aromatic nitrogens is 1. The third-order valence-electron chi connectivity index (χ3n) is 2.50. The van der Waals surface area contributed by atoms with Crippen LogP contribution in [0, 0.1) is 18.8 Å². The Morgan fingerprint density at radius 3 is 3.00 bits per heavy atom. The molecule has 0 radical (unpaired) electrons. The van der Waals surface area contributed by atoms with Gasteiger partial charge in [0.05, 0.1) is 18.5 Å². The molecule has 0 fully saturated rings. The molecule has 2 heterocycles. The van der Waals surface area contributed by atoms with Crippen LogP contribution in [0.15, 0.2) is 29.8 Å². The van der Waals surface area contributed by atoms with Crippen LogP contribution in [0.5, 0.6) is 0 Å². The van der Waals surface area contributed by atoms with Crippen molar-refractivity contribution in [2.45, 2.75) is 13.3 Å². The molecule has 0 aromatic carbocycles. The van der Waals surface area contributed by atoms with E-state index >= 15 is 0 Å². The van der Waals surface area contributed by atoms with Crippen LogP contribution in [0.2, 0.25) is 0 Å². The number of nitrogens with one attached hydrogen (secondary N) is 1. The molecule has 1 amide bonds. The molecule has 0 saturated heterocycles. The van der Waals surface area contributed by atoms with Gasteiger partial charge in [-0.1, -0.05) is 11.8 Å². The number of nitrogens with zero attached hydrogens (tertiary/aromatic N) is 1. The van der Waals surface area contributed by atoms with E-state index in [1.54, 1.807) is 12.3 Å². The molecule has 0 aliphatic heterocycles. The molecular weight excluding hydrogens is 272 g/mol. The fourth-order valence-corrected chi connectivity index (χ4v) is 2.27. The zero-order chi connectivity index (χ0) is 14.4. The van der Waals surface area contributed by atoms with Crippen molar-refractivity contribution in [2.75, 3.05) is 11.9 Å². The molecule has 0 unspecified atom stereocenters. The lowest BCUT2D eigenvalue weighted by molar-refractivity contribution is 0.103. The summed E-state index contributed by atoms with van der Waals surface area (Å²) in [5.74, 6) is 5.52. The number of thiophene rings is 1. The number of carbonyl (C=O) groups is 1. The molecule has 0 bridgehead atoms. The summed E-state index contributed by atoms with van der Waals surface area (Å²) >= 11 is 1.34. The lowest BCUT2D eigenvalue weighted by Crippen LogP contribution is -2.11. The van der Waals surface area contributed by atoms with E-state index in [-0.39, 0.29) is 12.5 Å². The van der Waals surface area contributed by atoms with Crippen LogP contribution in [0.25, 0.3) is 0 Å².